The van der Waals surface area contributed by atoms with Crippen LogP contribution in [0.3, 0.4) is 0 Å². The number of hydrogen-bond donors (Lipinski definition) is 2. The predicted octanol–water partition coefficient (Wildman–Crippen LogP) is 2.82. The lowest BCUT2D eigenvalue weighted by Gasteiger charge is -2.06. The van der Waals surface area contributed by atoms with Crippen molar-refractivity contribution in [2.45, 2.75) is 13.5 Å². The quantitative estimate of drug-likeness (QED) is 0.427. The smallest absolute Gasteiger partial charge is 0.267 e. The van der Waals surface area contributed by atoms with Crippen molar-refractivity contribution in [3.05, 3.63) is 77.5 Å². The second-order valence-corrected chi connectivity index (χ2v) is 5.66. The molecule has 0 fully saturated rings. The number of nitrogens with one attached hydrogen (secondary N) is 1. The van der Waals surface area contributed by atoms with Crippen LogP contribution in [0, 0.1) is 6.92 Å². The summed E-state index contributed by atoms with van der Waals surface area (Å²) in [5.74, 6) is -0.558. The van der Waals surface area contributed by atoms with Crippen molar-refractivity contribution >= 4 is 12.0 Å². The highest BCUT2D eigenvalue weighted by molar-refractivity contribution is 5.90. The number of carbonyl (C=O) groups is 1. The van der Waals surface area contributed by atoms with Crippen LogP contribution in [-0.4, -0.2) is 26.1 Å². The maximum Gasteiger partial charge on any atom is 0.267 e. The van der Waals surface area contributed by atoms with Gasteiger partial charge < -0.3 is 0 Å². The van der Waals surface area contributed by atoms with Gasteiger partial charge in [-0.05, 0) is 29.7 Å². The molecule has 0 aliphatic rings. The van der Waals surface area contributed by atoms with Crippen molar-refractivity contribution in [2.24, 2.45) is 0 Å². The van der Waals surface area contributed by atoms with E-state index >= 15 is 0 Å². The number of benzene rings is 2. The molecule has 3 rings (SSSR count). The van der Waals surface area contributed by atoms with Crippen LogP contribution in [0.2, 0.25) is 0 Å². The van der Waals surface area contributed by atoms with Crippen molar-refractivity contribution in [3.8, 4) is 11.3 Å². The molecule has 0 spiro atoms. The third-order valence-electron chi connectivity index (χ3n) is 3.84. The molecule has 0 saturated carbocycles. The van der Waals surface area contributed by atoms with Crippen LogP contribution >= 0.6 is 0 Å². The van der Waals surface area contributed by atoms with Crippen molar-refractivity contribution < 1.29 is 10.0 Å². The number of amides is 1. The average molecular weight is 334 g/mol. The zero-order chi connectivity index (χ0) is 17.6. The normalized spacial score (nSPS) is 11.0. The summed E-state index contributed by atoms with van der Waals surface area (Å²) in [5, 5.41) is 16.9. The number of hydrogen-bond acceptors (Lipinski definition) is 4. The van der Waals surface area contributed by atoms with E-state index in [9.17, 15) is 4.79 Å². The number of aromatic nitrogens is 3. The van der Waals surface area contributed by atoms with Crippen molar-refractivity contribution in [2.75, 3.05) is 0 Å². The Morgan fingerprint density at radius 2 is 2.04 bits per heavy atom. The Morgan fingerprint density at radius 1 is 1.24 bits per heavy atom. The molecular formula is C19H18N4O2. The molecule has 25 heavy (non-hydrogen) atoms. The molecule has 1 aromatic heterocycles. The molecule has 126 valence electrons. The standard InChI is InChI=1S/C19H18N4O2/c1-14-11-15(8-10-19(24)21-25)7-9-17(14)12-23-13-18(20-22-23)16-5-3-2-4-6-16/h2-11,13,25H,12H2,1H3,(H,21,24)/b10-8+. The topological polar surface area (TPSA) is 80.0 Å². The zero-order valence-corrected chi connectivity index (χ0v) is 13.8. The summed E-state index contributed by atoms with van der Waals surface area (Å²) >= 11 is 0. The van der Waals surface area contributed by atoms with Crippen LogP contribution in [0.25, 0.3) is 17.3 Å². The van der Waals surface area contributed by atoms with Crippen LogP contribution in [0.1, 0.15) is 16.7 Å². The summed E-state index contributed by atoms with van der Waals surface area (Å²) in [6.07, 6.45) is 4.84. The van der Waals surface area contributed by atoms with Gasteiger partial charge in [0.05, 0.1) is 12.7 Å². The van der Waals surface area contributed by atoms with Gasteiger partial charge in [0.2, 0.25) is 0 Å². The maximum atomic E-state index is 11.0. The molecule has 0 bridgehead atoms. The summed E-state index contributed by atoms with van der Waals surface area (Å²) in [5.41, 5.74) is 6.53. The molecule has 0 saturated heterocycles. The Balaban J connectivity index is 1.74. The SMILES string of the molecule is Cc1cc(/C=C/C(=O)NO)ccc1Cn1cc(-c2ccccc2)nn1. The van der Waals surface area contributed by atoms with Crippen molar-refractivity contribution in [3.63, 3.8) is 0 Å². The molecule has 0 aliphatic carbocycles. The van der Waals surface area contributed by atoms with Gasteiger partial charge in [0.15, 0.2) is 0 Å². The van der Waals surface area contributed by atoms with E-state index in [-0.39, 0.29) is 0 Å². The minimum Gasteiger partial charge on any atom is -0.288 e. The molecule has 1 heterocycles. The molecule has 0 radical (unpaired) electrons. The fourth-order valence-corrected chi connectivity index (χ4v) is 2.50. The van der Waals surface area contributed by atoms with Gasteiger partial charge in [0.1, 0.15) is 5.69 Å². The van der Waals surface area contributed by atoms with E-state index in [2.05, 4.69) is 10.3 Å². The third-order valence-corrected chi connectivity index (χ3v) is 3.84. The Labute approximate surface area is 145 Å². The van der Waals surface area contributed by atoms with E-state index in [1.54, 1.807) is 16.2 Å². The predicted molar refractivity (Wildman–Crippen MR) is 94.7 cm³/mol. The molecule has 0 unspecified atom stereocenters. The van der Waals surface area contributed by atoms with Gasteiger partial charge in [-0.25, -0.2) is 10.2 Å². The van der Waals surface area contributed by atoms with E-state index in [4.69, 9.17) is 5.21 Å². The first-order valence-electron chi connectivity index (χ1n) is 7.83. The minimum atomic E-state index is -0.558. The van der Waals surface area contributed by atoms with Gasteiger partial charge in [0.25, 0.3) is 5.91 Å². The van der Waals surface area contributed by atoms with E-state index in [0.29, 0.717) is 6.54 Å². The molecule has 6 heteroatoms. The van der Waals surface area contributed by atoms with Gasteiger partial charge >= 0.3 is 0 Å². The largest absolute Gasteiger partial charge is 0.288 e. The molecule has 0 aliphatic heterocycles. The molecule has 2 N–H and O–H groups in total. The summed E-state index contributed by atoms with van der Waals surface area (Å²) < 4.78 is 1.80. The van der Waals surface area contributed by atoms with Crippen LogP contribution in [0.4, 0.5) is 0 Å². The highest BCUT2D eigenvalue weighted by Gasteiger charge is 2.06. The van der Waals surface area contributed by atoms with Crippen molar-refractivity contribution in [1.82, 2.24) is 20.5 Å². The zero-order valence-electron chi connectivity index (χ0n) is 13.8. The summed E-state index contributed by atoms with van der Waals surface area (Å²) in [6, 6.07) is 15.8. The van der Waals surface area contributed by atoms with Gasteiger partial charge in [-0.1, -0.05) is 53.7 Å². The average Bonchev–Trinajstić information content (AvgIpc) is 3.11. The number of aryl methyl sites for hydroxylation is 1. The van der Waals surface area contributed by atoms with Gasteiger partial charge in [-0.3, -0.25) is 10.0 Å². The van der Waals surface area contributed by atoms with Gasteiger partial charge in [0, 0.05) is 11.6 Å². The monoisotopic (exact) mass is 334 g/mol. The maximum absolute atomic E-state index is 11.0. The first-order chi connectivity index (χ1) is 12.2. The number of carbonyl (C=O) groups excluding carboxylic acids is 1. The lowest BCUT2D eigenvalue weighted by molar-refractivity contribution is -0.124. The van der Waals surface area contributed by atoms with Gasteiger partial charge in [-0.15, -0.1) is 5.10 Å². The van der Waals surface area contributed by atoms with E-state index in [0.717, 1.165) is 27.9 Å². The molecule has 1 amide bonds. The number of nitrogens with zero attached hydrogens (tertiary/aromatic N) is 3. The fraction of sp³-hybridized carbons (Fsp3) is 0.105. The second-order valence-electron chi connectivity index (χ2n) is 5.66. The van der Waals surface area contributed by atoms with Crippen LogP contribution in [-0.2, 0) is 11.3 Å². The number of rotatable bonds is 5. The number of hydroxylamine groups is 1. The first-order valence-corrected chi connectivity index (χ1v) is 7.83. The summed E-state index contributed by atoms with van der Waals surface area (Å²) in [6.45, 7) is 2.63. The third kappa shape index (κ3) is 4.19. The van der Waals surface area contributed by atoms with Crippen LogP contribution in [0.15, 0.2) is 60.8 Å². The Kier molecular flexibility index (Phi) is 5.01. The minimum absolute atomic E-state index is 0.558. The molecular weight excluding hydrogens is 316 g/mol. The second kappa shape index (κ2) is 7.55. The van der Waals surface area contributed by atoms with Crippen LogP contribution in [0.5, 0.6) is 0 Å². The Hall–Kier alpha value is -3.25. The van der Waals surface area contributed by atoms with E-state index < -0.39 is 5.91 Å². The Bertz CT molecular complexity index is 901. The highest BCUT2D eigenvalue weighted by atomic mass is 16.5. The lowest BCUT2D eigenvalue weighted by atomic mass is 10.0. The van der Waals surface area contributed by atoms with E-state index in [1.807, 2.05) is 61.7 Å². The summed E-state index contributed by atoms with van der Waals surface area (Å²) in [4.78, 5) is 11.0. The molecule has 2 aromatic carbocycles. The molecule has 3 aromatic rings. The first kappa shape index (κ1) is 16.6. The lowest BCUT2D eigenvalue weighted by Crippen LogP contribution is -2.14. The highest BCUT2D eigenvalue weighted by Crippen LogP contribution is 2.17. The Morgan fingerprint density at radius 3 is 2.76 bits per heavy atom. The van der Waals surface area contributed by atoms with Crippen molar-refractivity contribution in [1.29, 1.82) is 0 Å². The van der Waals surface area contributed by atoms with Crippen LogP contribution < -0.4 is 5.48 Å². The van der Waals surface area contributed by atoms with Gasteiger partial charge in [-0.2, -0.15) is 0 Å². The fourth-order valence-electron chi connectivity index (χ4n) is 2.50. The van der Waals surface area contributed by atoms with E-state index in [1.165, 1.54) is 6.08 Å². The molecule has 6 nitrogen and oxygen atoms in total. The summed E-state index contributed by atoms with van der Waals surface area (Å²) in [7, 11) is 0. The molecule has 0 atom stereocenters.